The molecular formula is C16H25N3S. The highest BCUT2D eigenvalue weighted by atomic mass is 32.1. The molecule has 2 aromatic rings. The number of aromatic nitrogens is 2. The van der Waals surface area contributed by atoms with Gasteiger partial charge in [-0.1, -0.05) is 6.92 Å². The third-order valence-corrected chi connectivity index (χ3v) is 5.27. The van der Waals surface area contributed by atoms with Gasteiger partial charge in [0.1, 0.15) is 0 Å². The van der Waals surface area contributed by atoms with E-state index in [4.69, 9.17) is 0 Å². The van der Waals surface area contributed by atoms with Gasteiger partial charge in [0.2, 0.25) is 0 Å². The van der Waals surface area contributed by atoms with Gasteiger partial charge < -0.3 is 5.32 Å². The zero-order chi connectivity index (χ0) is 14.9. The highest BCUT2D eigenvalue weighted by Gasteiger charge is 2.21. The van der Waals surface area contributed by atoms with Crippen molar-refractivity contribution >= 4 is 11.3 Å². The predicted octanol–water partition coefficient (Wildman–Crippen LogP) is 4.21. The molecule has 0 spiro atoms. The van der Waals surface area contributed by atoms with Crippen LogP contribution in [0.2, 0.25) is 0 Å². The smallest absolute Gasteiger partial charge is 0.0644 e. The van der Waals surface area contributed by atoms with Gasteiger partial charge in [0.25, 0.3) is 0 Å². The molecule has 0 saturated heterocycles. The van der Waals surface area contributed by atoms with E-state index >= 15 is 0 Å². The summed E-state index contributed by atoms with van der Waals surface area (Å²) in [6, 6.07) is 2.93. The Kier molecular flexibility index (Phi) is 4.66. The van der Waals surface area contributed by atoms with E-state index in [2.05, 4.69) is 56.5 Å². The zero-order valence-electron chi connectivity index (χ0n) is 13.3. The van der Waals surface area contributed by atoms with Gasteiger partial charge in [-0.2, -0.15) is 5.10 Å². The highest BCUT2D eigenvalue weighted by Crippen LogP contribution is 2.29. The Morgan fingerprint density at radius 3 is 2.50 bits per heavy atom. The topological polar surface area (TPSA) is 29.9 Å². The molecule has 0 radical (unpaired) electrons. The molecule has 0 aromatic carbocycles. The summed E-state index contributed by atoms with van der Waals surface area (Å²) < 4.78 is 1.98. The van der Waals surface area contributed by atoms with Gasteiger partial charge in [-0.3, -0.25) is 4.68 Å². The molecule has 2 aromatic heterocycles. The fourth-order valence-electron chi connectivity index (χ4n) is 2.91. The summed E-state index contributed by atoms with van der Waals surface area (Å²) in [5.74, 6) is 0. The summed E-state index contributed by atoms with van der Waals surface area (Å²) in [5, 5.41) is 10.5. The molecule has 0 aliphatic heterocycles. The zero-order valence-corrected chi connectivity index (χ0v) is 14.1. The first-order valence-electron chi connectivity index (χ1n) is 7.25. The molecule has 0 saturated carbocycles. The van der Waals surface area contributed by atoms with Gasteiger partial charge in [0.15, 0.2) is 0 Å². The van der Waals surface area contributed by atoms with Gasteiger partial charge in [0.05, 0.1) is 5.69 Å². The van der Waals surface area contributed by atoms with Crippen LogP contribution in [0.15, 0.2) is 11.4 Å². The van der Waals surface area contributed by atoms with Crippen LogP contribution in [0.3, 0.4) is 0 Å². The van der Waals surface area contributed by atoms with E-state index in [-0.39, 0.29) is 0 Å². The molecule has 1 N–H and O–H groups in total. The number of nitrogens with one attached hydrogen (secondary N) is 1. The number of hydrogen-bond donors (Lipinski definition) is 1. The summed E-state index contributed by atoms with van der Waals surface area (Å²) in [4.78, 5) is 1.43. The Morgan fingerprint density at radius 1 is 1.35 bits per heavy atom. The van der Waals surface area contributed by atoms with Crippen molar-refractivity contribution in [2.75, 3.05) is 0 Å². The molecule has 20 heavy (non-hydrogen) atoms. The maximum atomic E-state index is 4.55. The van der Waals surface area contributed by atoms with Gasteiger partial charge in [-0.05, 0) is 51.1 Å². The van der Waals surface area contributed by atoms with Crippen LogP contribution in [-0.2, 0) is 7.05 Å². The van der Waals surface area contributed by atoms with Crippen molar-refractivity contribution in [3.63, 3.8) is 0 Å². The highest BCUT2D eigenvalue weighted by molar-refractivity contribution is 7.10. The molecule has 0 amide bonds. The molecular weight excluding hydrogens is 266 g/mol. The fourth-order valence-corrected chi connectivity index (χ4v) is 3.85. The van der Waals surface area contributed by atoms with Crippen molar-refractivity contribution in [1.82, 2.24) is 15.1 Å². The van der Waals surface area contributed by atoms with Crippen LogP contribution < -0.4 is 5.32 Å². The summed E-state index contributed by atoms with van der Waals surface area (Å²) in [6.45, 7) is 10.9. The Bertz CT molecular complexity index is 583. The second-order valence-corrected chi connectivity index (χ2v) is 6.47. The molecule has 2 rings (SSSR count). The van der Waals surface area contributed by atoms with Crippen LogP contribution in [0.4, 0.5) is 0 Å². The van der Waals surface area contributed by atoms with E-state index in [1.165, 1.54) is 21.7 Å². The summed E-state index contributed by atoms with van der Waals surface area (Å²) >= 11 is 1.84. The lowest BCUT2D eigenvalue weighted by Gasteiger charge is -2.23. The second-order valence-electron chi connectivity index (χ2n) is 5.53. The first kappa shape index (κ1) is 15.3. The lowest BCUT2D eigenvalue weighted by Crippen LogP contribution is -2.25. The van der Waals surface area contributed by atoms with E-state index in [0.29, 0.717) is 12.1 Å². The van der Waals surface area contributed by atoms with Gasteiger partial charge in [-0.15, -0.1) is 11.3 Å². The van der Waals surface area contributed by atoms with Crippen molar-refractivity contribution in [3.8, 4) is 0 Å². The number of nitrogens with zero attached hydrogens (tertiary/aromatic N) is 2. The van der Waals surface area contributed by atoms with Crippen molar-refractivity contribution in [2.45, 2.75) is 53.1 Å². The van der Waals surface area contributed by atoms with E-state index in [9.17, 15) is 0 Å². The number of thiophene rings is 1. The minimum Gasteiger partial charge on any atom is -0.302 e. The number of hydrogen-bond acceptors (Lipinski definition) is 3. The predicted molar refractivity (Wildman–Crippen MR) is 86.3 cm³/mol. The quantitative estimate of drug-likeness (QED) is 0.894. The molecule has 2 atom stereocenters. The Labute approximate surface area is 126 Å². The molecule has 4 heteroatoms. The van der Waals surface area contributed by atoms with Gasteiger partial charge in [-0.25, -0.2) is 0 Å². The Hall–Kier alpha value is -1.13. The van der Waals surface area contributed by atoms with Crippen molar-refractivity contribution in [2.24, 2.45) is 7.05 Å². The van der Waals surface area contributed by atoms with Gasteiger partial charge >= 0.3 is 0 Å². The van der Waals surface area contributed by atoms with E-state index in [1.807, 2.05) is 23.1 Å². The molecule has 0 bridgehead atoms. The van der Waals surface area contributed by atoms with E-state index in [0.717, 1.165) is 12.1 Å². The van der Waals surface area contributed by atoms with E-state index < -0.39 is 0 Å². The SMILES string of the molecule is CC[C@H](N[C@@H](C)c1sccc1C)c1c(C)nn(C)c1C. The average Bonchev–Trinajstić information content (AvgIpc) is 2.92. The third kappa shape index (κ3) is 2.81. The molecule has 2 heterocycles. The number of aryl methyl sites for hydroxylation is 3. The molecule has 0 aliphatic carbocycles. The Balaban J connectivity index is 2.23. The van der Waals surface area contributed by atoms with Crippen molar-refractivity contribution < 1.29 is 0 Å². The molecule has 0 aliphatic rings. The normalized spacial score (nSPS) is 14.5. The van der Waals surface area contributed by atoms with Crippen molar-refractivity contribution in [1.29, 1.82) is 0 Å². The summed E-state index contributed by atoms with van der Waals surface area (Å²) in [6.07, 6.45) is 1.07. The van der Waals surface area contributed by atoms with Crippen molar-refractivity contribution in [3.05, 3.63) is 38.8 Å². The summed E-state index contributed by atoms with van der Waals surface area (Å²) in [5.41, 5.74) is 5.14. The largest absolute Gasteiger partial charge is 0.302 e. The lowest BCUT2D eigenvalue weighted by molar-refractivity contribution is 0.456. The third-order valence-electron chi connectivity index (χ3n) is 4.07. The monoisotopic (exact) mass is 291 g/mol. The van der Waals surface area contributed by atoms with Crippen LogP contribution in [-0.4, -0.2) is 9.78 Å². The minimum atomic E-state index is 0.361. The summed E-state index contributed by atoms with van der Waals surface area (Å²) in [7, 11) is 2.02. The first-order chi connectivity index (χ1) is 9.45. The fraction of sp³-hybridized carbons (Fsp3) is 0.562. The van der Waals surface area contributed by atoms with Crippen LogP contribution in [0, 0.1) is 20.8 Å². The molecule has 0 unspecified atom stereocenters. The molecule has 3 nitrogen and oxygen atoms in total. The molecule has 0 fully saturated rings. The Morgan fingerprint density at radius 2 is 2.05 bits per heavy atom. The minimum absolute atomic E-state index is 0.361. The molecule has 110 valence electrons. The first-order valence-corrected chi connectivity index (χ1v) is 8.13. The van der Waals surface area contributed by atoms with Crippen LogP contribution >= 0.6 is 11.3 Å². The maximum absolute atomic E-state index is 4.55. The average molecular weight is 291 g/mol. The van der Waals surface area contributed by atoms with E-state index in [1.54, 1.807) is 0 Å². The van der Waals surface area contributed by atoms with Crippen LogP contribution in [0.25, 0.3) is 0 Å². The van der Waals surface area contributed by atoms with Crippen LogP contribution in [0.5, 0.6) is 0 Å². The maximum Gasteiger partial charge on any atom is 0.0644 e. The lowest BCUT2D eigenvalue weighted by atomic mass is 10.0. The standard InChI is InChI=1S/C16H25N3S/c1-7-14(15-11(3)18-19(6)13(15)5)17-12(4)16-10(2)8-9-20-16/h8-9,12,14,17H,7H2,1-6H3/t12-,14-/m0/s1. The van der Waals surface area contributed by atoms with Crippen LogP contribution in [0.1, 0.15) is 59.7 Å². The number of rotatable bonds is 5. The van der Waals surface area contributed by atoms with Gasteiger partial charge in [0, 0.05) is 35.3 Å². The second kappa shape index (κ2) is 6.10.